The Labute approximate surface area is 155 Å². The van der Waals surface area contributed by atoms with Gasteiger partial charge in [0.1, 0.15) is 12.4 Å². The number of hydrogen-bond donors (Lipinski definition) is 0. The molecule has 0 atom stereocenters. The maximum Gasteiger partial charge on any atom is 0.277 e. The molecule has 0 saturated carbocycles. The standard InChI is InChI=1S/C22H16N4O/c27-22-21(16-10-11-17-19(12-16)24-14-23-17)25-18-8-4-5-9-20(18)26(22)13-15-6-2-1-3-7-15/h1-12H,13-14H2. The predicted molar refractivity (Wildman–Crippen MR) is 104 cm³/mol. The normalized spacial score (nSPS) is 12.4. The fourth-order valence-electron chi connectivity index (χ4n) is 3.42. The molecule has 0 aliphatic carbocycles. The number of benzene rings is 3. The van der Waals surface area contributed by atoms with Gasteiger partial charge in [0, 0.05) is 5.56 Å². The first-order valence-electron chi connectivity index (χ1n) is 8.82. The fraction of sp³-hybridized carbons (Fsp3) is 0.0909. The monoisotopic (exact) mass is 352 g/mol. The Balaban J connectivity index is 1.76. The van der Waals surface area contributed by atoms with Crippen LogP contribution in [0.2, 0.25) is 0 Å². The van der Waals surface area contributed by atoms with Gasteiger partial charge < -0.3 is 4.57 Å². The minimum Gasteiger partial charge on any atom is -0.300 e. The molecule has 1 aliphatic heterocycles. The summed E-state index contributed by atoms with van der Waals surface area (Å²) in [5.74, 6) is 0. The maximum atomic E-state index is 13.3. The van der Waals surface area contributed by atoms with E-state index in [2.05, 4.69) is 15.0 Å². The molecule has 0 unspecified atom stereocenters. The van der Waals surface area contributed by atoms with Gasteiger partial charge in [-0.25, -0.2) is 4.98 Å². The van der Waals surface area contributed by atoms with Gasteiger partial charge in [-0.2, -0.15) is 0 Å². The van der Waals surface area contributed by atoms with Crippen LogP contribution in [-0.2, 0) is 6.54 Å². The van der Waals surface area contributed by atoms with E-state index in [1.165, 1.54) is 0 Å². The number of nitrogens with zero attached hydrogens (tertiary/aromatic N) is 4. The SMILES string of the molecule is O=c1c(-c2ccc3c(c2)=NCN=3)nc2ccccc2n1Cc1ccccc1. The van der Waals surface area contributed by atoms with Gasteiger partial charge in [-0.05, 0) is 29.8 Å². The third-order valence-electron chi connectivity index (χ3n) is 4.77. The van der Waals surface area contributed by atoms with Crippen molar-refractivity contribution in [1.29, 1.82) is 0 Å². The van der Waals surface area contributed by atoms with E-state index < -0.39 is 0 Å². The highest BCUT2D eigenvalue weighted by molar-refractivity contribution is 5.77. The molecule has 3 aromatic carbocycles. The van der Waals surface area contributed by atoms with E-state index in [0.29, 0.717) is 18.9 Å². The lowest BCUT2D eigenvalue weighted by molar-refractivity contribution is 0.789. The van der Waals surface area contributed by atoms with E-state index in [1.807, 2.05) is 72.8 Å². The second-order valence-corrected chi connectivity index (χ2v) is 6.49. The average Bonchev–Trinajstić information content (AvgIpc) is 3.18. The summed E-state index contributed by atoms with van der Waals surface area (Å²) in [5, 5.41) is 1.68. The van der Waals surface area contributed by atoms with Crippen LogP contribution in [0.25, 0.3) is 22.3 Å². The van der Waals surface area contributed by atoms with Crippen molar-refractivity contribution in [3.8, 4) is 11.3 Å². The Hall–Kier alpha value is -3.60. The molecule has 2 heterocycles. The quantitative estimate of drug-likeness (QED) is 0.568. The molecule has 5 nitrogen and oxygen atoms in total. The second-order valence-electron chi connectivity index (χ2n) is 6.49. The van der Waals surface area contributed by atoms with Crippen LogP contribution in [0.4, 0.5) is 0 Å². The van der Waals surface area contributed by atoms with Gasteiger partial charge in [-0.15, -0.1) is 0 Å². The molecule has 0 N–H and O–H groups in total. The lowest BCUT2D eigenvalue weighted by Gasteiger charge is -2.12. The molecule has 1 aliphatic rings. The van der Waals surface area contributed by atoms with Crippen molar-refractivity contribution in [2.75, 3.05) is 6.67 Å². The summed E-state index contributed by atoms with van der Waals surface area (Å²) >= 11 is 0. The van der Waals surface area contributed by atoms with Gasteiger partial charge in [0.15, 0.2) is 0 Å². The van der Waals surface area contributed by atoms with Crippen molar-refractivity contribution in [2.45, 2.75) is 6.54 Å². The minimum absolute atomic E-state index is 0.104. The molecule has 0 fully saturated rings. The van der Waals surface area contributed by atoms with Crippen LogP contribution in [0.15, 0.2) is 87.6 Å². The maximum absolute atomic E-state index is 13.3. The van der Waals surface area contributed by atoms with E-state index in [-0.39, 0.29) is 5.56 Å². The minimum atomic E-state index is -0.104. The molecule has 0 bridgehead atoms. The first-order valence-corrected chi connectivity index (χ1v) is 8.82. The number of fused-ring (bicyclic) bond motifs is 2. The summed E-state index contributed by atoms with van der Waals surface area (Å²) in [7, 11) is 0. The smallest absolute Gasteiger partial charge is 0.277 e. The molecule has 5 heteroatoms. The van der Waals surface area contributed by atoms with E-state index in [0.717, 1.165) is 32.9 Å². The Morgan fingerprint density at radius 1 is 0.852 bits per heavy atom. The van der Waals surface area contributed by atoms with Crippen LogP contribution < -0.4 is 16.3 Å². The fourth-order valence-corrected chi connectivity index (χ4v) is 3.42. The first kappa shape index (κ1) is 15.6. The van der Waals surface area contributed by atoms with E-state index >= 15 is 0 Å². The van der Waals surface area contributed by atoms with Gasteiger partial charge in [0.2, 0.25) is 0 Å². The molecule has 0 amide bonds. The summed E-state index contributed by atoms with van der Waals surface area (Å²) in [6, 6.07) is 23.4. The Kier molecular flexibility index (Phi) is 3.64. The molecule has 0 spiro atoms. The number of hydrogen-bond acceptors (Lipinski definition) is 4. The van der Waals surface area contributed by atoms with Crippen LogP contribution in [0.5, 0.6) is 0 Å². The Bertz CT molecular complexity index is 1340. The van der Waals surface area contributed by atoms with Gasteiger partial charge in [-0.3, -0.25) is 14.8 Å². The molecule has 5 rings (SSSR count). The van der Waals surface area contributed by atoms with Gasteiger partial charge in [0.25, 0.3) is 5.56 Å². The first-order chi connectivity index (χ1) is 13.3. The summed E-state index contributed by atoms with van der Waals surface area (Å²) in [6.07, 6.45) is 0. The summed E-state index contributed by atoms with van der Waals surface area (Å²) in [4.78, 5) is 26.7. The molecule has 1 aromatic heterocycles. The van der Waals surface area contributed by atoms with Crippen molar-refractivity contribution < 1.29 is 0 Å². The number of aromatic nitrogens is 2. The highest BCUT2D eigenvalue weighted by Gasteiger charge is 2.14. The highest BCUT2D eigenvalue weighted by Crippen LogP contribution is 2.17. The largest absolute Gasteiger partial charge is 0.300 e. The number of para-hydroxylation sites is 2. The van der Waals surface area contributed by atoms with Crippen LogP contribution in [0.3, 0.4) is 0 Å². The Morgan fingerprint density at radius 3 is 2.52 bits per heavy atom. The zero-order chi connectivity index (χ0) is 18.2. The van der Waals surface area contributed by atoms with E-state index in [9.17, 15) is 4.79 Å². The molecular formula is C22H16N4O. The molecule has 0 saturated heterocycles. The van der Waals surface area contributed by atoms with Crippen LogP contribution in [0.1, 0.15) is 5.56 Å². The van der Waals surface area contributed by atoms with Crippen molar-refractivity contribution in [3.63, 3.8) is 0 Å². The number of rotatable bonds is 3. The van der Waals surface area contributed by atoms with Crippen molar-refractivity contribution >= 4 is 11.0 Å². The van der Waals surface area contributed by atoms with E-state index in [1.54, 1.807) is 4.57 Å². The summed E-state index contributed by atoms with van der Waals surface area (Å²) < 4.78 is 1.79. The van der Waals surface area contributed by atoms with Crippen LogP contribution in [-0.4, -0.2) is 16.2 Å². The van der Waals surface area contributed by atoms with Crippen LogP contribution in [0, 0.1) is 0 Å². The third-order valence-corrected chi connectivity index (χ3v) is 4.77. The van der Waals surface area contributed by atoms with Gasteiger partial charge in [-0.1, -0.05) is 48.5 Å². The Morgan fingerprint density at radius 2 is 1.63 bits per heavy atom. The predicted octanol–water partition coefficient (Wildman–Crippen LogP) is 2.32. The van der Waals surface area contributed by atoms with Crippen LogP contribution >= 0.6 is 0 Å². The van der Waals surface area contributed by atoms with Gasteiger partial charge >= 0.3 is 0 Å². The van der Waals surface area contributed by atoms with Gasteiger partial charge in [0.05, 0.1) is 28.3 Å². The molecule has 130 valence electrons. The highest BCUT2D eigenvalue weighted by atomic mass is 16.1. The molecule has 4 aromatic rings. The van der Waals surface area contributed by atoms with Crippen molar-refractivity contribution in [1.82, 2.24) is 9.55 Å². The zero-order valence-corrected chi connectivity index (χ0v) is 14.5. The summed E-state index contributed by atoms with van der Waals surface area (Å²) in [6.45, 7) is 0.947. The second kappa shape index (κ2) is 6.29. The topological polar surface area (TPSA) is 59.6 Å². The van der Waals surface area contributed by atoms with E-state index in [4.69, 9.17) is 0 Å². The summed E-state index contributed by atoms with van der Waals surface area (Å²) in [5.41, 5.74) is 3.81. The lowest BCUT2D eigenvalue weighted by atomic mass is 10.1. The zero-order valence-electron chi connectivity index (χ0n) is 14.5. The lowest BCUT2D eigenvalue weighted by Crippen LogP contribution is -2.26. The van der Waals surface area contributed by atoms with Crippen molar-refractivity contribution in [2.24, 2.45) is 9.98 Å². The molecule has 0 radical (unpaired) electrons. The molecule has 27 heavy (non-hydrogen) atoms. The average molecular weight is 352 g/mol. The van der Waals surface area contributed by atoms with Crippen molar-refractivity contribution in [3.05, 3.63) is 99.4 Å². The molecular weight excluding hydrogens is 336 g/mol. The third kappa shape index (κ3) is 2.73.